The number of hydrogen-bond acceptors (Lipinski definition) is 3. The minimum atomic E-state index is 0.154. The first-order chi connectivity index (χ1) is 20.1. The molecule has 6 atom stereocenters. The highest BCUT2D eigenvalue weighted by Gasteiger charge is 2.76. The Hall–Kier alpha value is -3.11. The van der Waals surface area contributed by atoms with Gasteiger partial charge < -0.3 is 9.64 Å². The van der Waals surface area contributed by atoms with E-state index >= 15 is 0 Å². The van der Waals surface area contributed by atoms with Crippen molar-refractivity contribution in [2.24, 2.45) is 23.2 Å². The van der Waals surface area contributed by atoms with Crippen molar-refractivity contribution in [2.75, 3.05) is 26.7 Å². The second-order valence-corrected chi connectivity index (χ2v) is 14.0. The smallest absolute Gasteiger partial charge is 0.254 e. The van der Waals surface area contributed by atoms with Crippen molar-refractivity contribution in [1.29, 1.82) is 0 Å². The molecule has 6 aliphatic rings. The van der Waals surface area contributed by atoms with Crippen LogP contribution in [0.1, 0.15) is 60.0 Å². The summed E-state index contributed by atoms with van der Waals surface area (Å²) < 4.78 is 5.83. The van der Waals surface area contributed by atoms with Crippen molar-refractivity contribution in [2.45, 2.75) is 62.4 Å². The molecule has 2 heterocycles. The summed E-state index contributed by atoms with van der Waals surface area (Å²) in [6.07, 6.45) is 8.93. The zero-order valence-corrected chi connectivity index (χ0v) is 24.1. The summed E-state index contributed by atoms with van der Waals surface area (Å²) >= 11 is 0. The lowest BCUT2D eigenvalue weighted by Crippen LogP contribution is -2.69. The van der Waals surface area contributed by atoms with Crippen LogP contribution in [0.2, 0.25) is 0 Å². The number of methoxy groups -OCH3 is 1. The highest BCUT2D eigenvalue weighted by atomic mass is 16.5. The molecule has 4 heteroatoms. The number of benzene rings is 3. The molecule has 2 aliphatic heterocycles. The molecule has 0 N–H and O–H groups in total. The van der Waals surface area contributed by atoms with Gasteiger partial charge in [-0.1, -0.05) is 54.6 Å². The molecule has 2 saturated heterocycles. The summed E-state index contributed by atoms with van der Waals surface area (Å²) in [5.41, 5.74) is 6.65. The van der Waals surface area contributed by atoms with E-state index in [4.69, 9.17) is 4.74 Å². The third-order valence-electron chi connectivity index (χ3n) is 12.5. The van der Waals surface area contributed by atoms with E-state index in [0.717, 1.165) is 41.3 Å². The van der Waals surface area contributed by atoms with Gasteiger partial charge >= 0.3 is 0 Å². The van der Waals surface area contributed by atoms with Crippen LogP contribution in [0, 0.1) is 23.2 Å². The molecule has 5 fully saturated rings. The highest BCUT2D eigenvalue weighted by molar-refractivity contribution is 6.01. The molecule has 210 valence electrons. The Morgan fingerprint density at radius 3 is 2.63 bits per heavy atom. The van der Waals surface area contributed by atoms with Gasteiger partial charge in [-0.3, -0.25) is 9.69 Å². The van der Waals surface area contributed by atoms with E-state index in [2.05, 4.69) is 70.5 Å². The van der Waals surface area contributed by atoms with Gasteiger partial charge in [0, 0.05) is 36.2 Å². The number of fused-ring (bicyclic) bond motifs is 1. The maximum absolute atomic E-state index is 14.5. The van der Waals surface area contributed by atoms with Gasteiger partial charge in [0.1, 0.15) is 5.75 Å². The molecule has 4 bridgehead atoms. The number of rotatable bonds is 5. The molecule has 41 heavy (non-hydrogen) atoms. The first-order valence-electron chi connectivity index (χ1n) is 16.0. The van der Waals surface area contributed by atoms with Crippen LogP contribution < -0.4 is 4.74 Å². The monoisotopic (exact) mass is 544 g/mol. The molecular formula is C37H40N2O2. The van der Waals surface area contributed by atoms with E-state index in [-0.39, 0.29) is 11.3 Å². The maximum atomic E-state index is 14.5. The van der Waals surface area contributed by atoms with Gasteiger partial charge in [0.05, 0.1) is 7.11 Å². The molecule has 0 radical (unpaired) electrons. The summed E-state index contributed by atoms with van der Waals surface area (Å²) in [5, 5.41) is 0. The molecule has 2 unspecified atom stereocenters. The average molecular weight is 545 g/mol. The Labute approximate surface area is 243 Å². The van der Waals surface area contributed by atoms with E-state index in [1.165, 1.54) is 51.6 Å². The molecule has 9 rings (SSSR count). The van der Waals surface area contributed by atoms with E-state index < -0.39 is 0 Å². The standard InChI is InChI=1S/C37H40N2O2/c1-41-28-14-13-26-19-33-36-16-15-32-34(37(36,31(26)20-28)17-18-38(33)22-24-11-12-24)27(21-36)23-39(32)35(40)30-10-6-5-9-29(30)25-7-3-2-4-8-25/h2-10,13-14,20,24,27,32-34H,11-12,15-19,21-23H2,1H3/t27-,32?,33-,34?,36-,37+/m1/s1. The largest absolute Gasteiger partial charge is 0.497 e. The minimum Gasteiger partial charge on any atom is -0.497 e. The molecule has 0 spiro atoms. The van der Waals surface area contributed by atoms with Crippen LogP contribution in [0.4, 0.5) is 0 Å². The van der Waals surface area contributed by atoms with Gasteiger partial charge in [0.25, 0.3) is 5.91 Å². The molecule has 3 aromatic rings. The Morgan fingerprint density at radius 2 is 1.80 bits per heavy atom. The van der Waals surface area contributed by atoms with Gasteiger partial charge in [-0.25, -0.2) is 0 Å². The normalized spacial score (nSPS) is 34.7. The lowest BCUT2D eigenvalue weighted by atomic mass is 9.43. The summed E-state index contributed by atoms with van der Waals surface area (Å²) in [6, 6.07) is 26.6. The lowest BCUT2D eigenvalue weighted by Gasteiger charge is -2.66. The number of carbonyl (C=O) groups is 1. The number of piperidine rings is 1. The number of likely N-dealkylation sites (tertiary alicyclic amines) is 2. The van der Waals surface area contributed by atoms with Crippen LogP contribution in [-0.2, 0) is 11.8 Å². The first kappa shape index (κ1) is 24.5. The van der Waals surface area contributed by atoms with Crippen LogP contribution in [-0.4, -0.2) is 54.5 Å². The van der Waals surface area contributed by atoms with Gasteiger partial charge in [-0.15, -0.1) is 0 Å². The summed E-state index contributed by atoms with van der Waals surface area (Å²) in [7, 11) is 1.81. The van der Waals surface area contributed by atoms with Crippen molar-refractivity contribution in [3.8, 4) is 16.9 Å². The van der Waals surface area contributed by atoms with Crippen LogP contribution in [0.3, 0.4) is 0 Å². The minimum absolute atomic E-state index is 0.154. The zero-order chi connectivity index (χ0) is 27.3. The highest BCUT2D eigenvalue weighted by Crippen LogP contribution is 2.75. The van der Waals surface area contributed by atoms with Crippen molar-refractivity contribution < 1.29 is 9.53 Å². The number of carbonyl (C=O) groups excluding carboxylic acids is 1. The summed E-state index contributed by atoms with van der Waals surface area (Å²) in [6.45, 7) is 3.42. The van der Waals surface area contributed by atoms with Crippen LogP contribution in [0.25, 0.3) is 11.1 Å². The third kappa shape index (κ3) is 3.23. The lowest BCUT2D eigenvalue weighted by molar-refractivity contribution is -0.102. The van der Waals surface area contributed by atoms with Gasteiger partial charge in [-0.2, -0.15) is 0 Å². The first-order valence-corrected chi connectivity index (χ1v) is 16.0. The molecule has 3 saturated carbocycles. The number of ether oxygens (including phenoxy) is 1. The number of nitrogens with zero attached hydrogens (tertiary/aromatic N) is 2. The van der Waals surface area contributed by atoms with E-state index in [9.17, 15) is 4.79 Å². The van der Waals surface area contributed by atoms with Crippen LogP contribution in [0.5, 0.6) is 5.75 Å². The van der Waals surface area contributed by atoms with E-state index in [1.807, 2.05) is 19.2 Å². The number of hydrogen-bond donors (Lipinski definition) is 0. The predicted molar refractivity (Wildman–Crippen MR) is 161 cm³/mol. The SMILES string of the molecule is COc1ccc2c(c1)[C@]13CCN(CC4CC4)[C@H](C2)[C@]12CCC1C3[C@@H](CN1C(=O)c1ccccc1-c1ccccc1)C2. The van der Waals surface area contributed by atoms with Crippen LogP contribution in [0.15, 0.2) is 72.8 Å². The van der Waals surface area contributed by atoms with E-state index in [0.29, 0.717) is 29.3 Å². The fourth-order valence-corrected chi connectivity index (χ4v) is 11.0. The maximum Gasteiger partial charge on any atom is 0.254 e. The second kappa shape index (κ2) is 8.70. The Balaban J connectivity index is 1.14. The van der Waals surface area contributed by atoms with E-state index in [1.54, 1.807) is 11.1 Å². The molecule has 0 aromatic heterocycles. The Morgan fingerprint density at radius 1 is 0.976 bits per heavy atom. The molecular weight excluding hydrogens is 504 g/mol. The third-order valence-corrected chi connectivity index (χ3v) is 12.5. The van der Waals surface area contributed by atoms with Gasteiger partial charge in [-0.05, 0) is 115 Å². The predicted octanol–water partition coefficient (Wildman–Crippen LogP) is 6.58. The summed E-state index contributed by atoms with van der Waals surface area (Å²) in [4.78, 5) is 19.8. The van der Waals surface area contributed by atoms with Crippen molar-refractivity contribution in [3.63, 3.8) is 0 Å². The summed E-state index contributed by atoms with van der Waals surface area (Å²) in [5.74, 6) is 3.27. The van der Waals surface area contributed by atoms with Gasteiger partial charge in [0.15, 0.2) is 0 Å². The quantitative estimate of drug-likeness (QED) is 0.364. The van der Waals surface area contributed by atoms with Crippen LogP contribution >= 0.6 is 0 Å². The average Bonchev–Trinajstić information content (AvgIpc) is 3.71. The van der Waals surface area contributed by atoms with Crippen molar-refractivity contribution in [3.05, 3.63) is 89.5 Å². The number of amides is 1. The zero-order valence-electron chi connectivity index (χ0n) is 24.1. The van der Waals surface area contributed by atoms with Crippen molar-refractivity contribution in [1.82, 2.24) is 9.80 Å². The Kier molecular flexibility index (Phi) is 5.20. The molecule has 4 nitrogen and oxygen atoms in total. The molecule has 3 aromatic carbocycles. The molecule has 1 amide bonds. The topological polar surface area (TPSA) is 32.8 Å². The Bertz CT molecular complexity index is 1530. The second-order valence-electron chi connectivity index (χ2n) is 14.0. The molecule has 4 aliphatic carbocycles. The fraction of sp³-hybridized carbons (Fsp3) is 0.486. The van der Waals surface area contributed by atoms with Crippen molar-refractivity contribution >= 4 is 5.91 Å². The van der Waals surface area contributed by atoms with Gasteiger partial charge in [0.2, 0.25) is 0 Å². The fourth-order valence-electron chi connectivity index (χ4n) is 11.0.